The van der Waals surface area contributed by atoms with Crippen LogP contribution in [0.1, 0.15) is 0 Å². The third-order valence-electron chi connectivity index (χ3n) is 2.86. The molecule has 1 spiro atoms. The first-order valence-electron chi connectivity index (χ1n) is 4.46. The van der Waals surface area contributed by atoms with E-state index in [0.717, 1.165) is 19.6 Å². The number of nitrogens with zero attached hydrogens (tertiary/aromatic N) is 2. The van der Waals surface area contributed by atoms with Crippen LogP contribution in [0.4, 0.5) is 4.79 Å². The molecule has 2 rings (SSSR count). The van der Waals surface area contributed by atoms with Crippen LogP contribution in [0.15, 0.2) is 0 Å². The number of likely N-dealkylation sites (tertiary alicyclic amines) is 2. The van der Waals surface area contributed by atoms with Crippen molar-refractivity contribution in [3.05, 3.63) is 0 Å². The number of carboxylic acid groups (broad SMARTS) is 1. The molecule has 0 saturated carbocycles. The van der Waals surface area contributed by atoms with Crippen LogP contribution in [0.25, 0.3) is 0 Å². The zero-order chi connectivity index (χ0) is 9.47. The van der Waals surface area contributed by atoms with Crippen molar-refractivity contribution >= 4 is 6.09 Å². The van der Waals surface area contributed by atoms with Crippen molar-refractivity contribution in [2.75, 3.05) is 39.3 Å². The van der Waals surface area contributed by atoms with Gasteiger partial charge in [0.2, 0.25) is 0 Å². The van der Waals surface area contributed by atoms with Gasteiger partial charge in [-0.25, -0.2) is 4.79 Å². The van der Waals surface area contributed by atoms with Gasteiger partial charge in [0.15, 0.2) is 0 Å². The monoisotopic (exact) mass is 186 g/mol. The highest BCUT2D eigenvalue weighted by Gasteiger charge is 2.52. The number of hydrogen-bond acceptors (Lipinski definition) is 3. The zero-order valence-corrected chi connectivity index (χ0v) is 7.44. The zero-order valence-electron chi connectivity index (χ0n) is 7.44. The molecule has 13 heavy (non-hydrogen) atoms. The van der Waals surface area contributed by atoms with Crippen LogP contribution in [0.5, 0.6) is 0 Å². The molecule has 5 heteroatoms. The van der Waals surface area contributed by atoms with Crippen molar-refractivity contribution in [3.63, 3.8) is 0 Å². The molecule has 1 amide bonds. The highest BCUT2D eigenvalue weighted by molar-refractivity contribution is 5.66. The number of aliphatic hydroxyl groups is 1. The molecule has 0 radical (unpaired) electrons. The molecule has 2 heterocycles. The van der Waals surface area contributed by atoms with Crippen molar-refractivity contribution in [1.82, 2.24) is 9.80 Å². The van der Waals surface area contributed by atoms with E-state index in [-0.39, 0.29) is 12.0 Å². The summed E-state index contributed by atoms with van der Waals surface area (Å²) in [5, 5.41) is 17.3. The first kappa shape index (κ1) is 8.77. The second-order valence-electron chi connectivity index (χ2n) is 4.07. The number of amides is 1. The molecule has 5 nitrogen and oxygen atoms in total. The molecule has 74 valence electrons. The molecule has 0 aliphatic carbocycles. The van der Waals surface area contributed by atoms with Crippen molar-refractivity contribution < 1.29 is 15.0 Å². The maximum Gasteiger partial charge on any atom is 0.407 e. The van der Waals surface area contributed by atoms with E-state index in [1.165, 1.54) is 4.90 Å². The van der Waals surface area contributed by atoms with Crippen LogP contribution >= 0.6 is 0 Å². The molecule has 2 aliphatic rings. The molecule has 2 fully saturated rings. The van der Waals surface area contributed by atoms with E-state index in [4.69, 9.17) is 10.2 Å². The smallest absolute Gasteiger partial charge is 0.407 e. The summed E-state index contributed by atoms with van der Waals surface area (Å²) >= 11 is 0. The Balaban J connectivity index is 1.73. The standard InChI is InChI=1S/C8H14N2O3/c11-2-1-9-3-8(4-9)5-10(6-8)7(12)13/h11H,1-6H2,(H,12,13). The molecule has 0 bridgehead atoms. The van der Waals surface area contributed by atoms with Crippen molar-refractivity contribution in [1.29, 1.82) is 0 Å². The number of aliphatic hydroxyl groups excluding tert-OH is 1. The lowest BCUT2D eigenvalue weighted by Crippen LogP contribution is -2.72. The van der Waals surface area contributed by atoms with Gasteiger partial charge in [-0.2, -0.15) is 0 Å². The Hall–Kier alpha value is -0.810. The van der Waals surface area contributed by atoms with Crippen LogP contribution in [0.3, 0.4) is 0 Å². The van der Waals surface area contributed by atoms with E-state index in [0.29, 0.717) is 13.1 Å². The summed E-state index contributed by atoms with van der Waals surface area (Å²) in [6, 6.07) is 0. The van der Waals surface area contributed by atoms with Crippen LogP contribution in [-0.4, -0.2) is 65.4 Å². The number of carbonyl (C=O) groups is 1. The Morgan fingerprint density at radius 3 is 2.38 bits per heavy atom. The predicted octanol–water partition coefficient (Wildman–Crippen LogP) is -0.726. The molecular formula is C8H14N2O3. The molecule has 2 aliphatic heterocycles. The van der Waals surface area contributed by atoms with E-state index < -0.39 is 6.09 Å². The fourth-order valence-electron chi connectivity index (χ4n) is 2.30. The quantitative estimate of drug-likeness (QED) is 0.597. The maximum absolute atomic E-state index is 10.5. The number of β-amino-alcohol motifs (C(OH)–C–C–N with tert-alkyl or cyclic N) is 1. The van der Waals surface area contributed by atoms with Gasteiger partial charge in [0, 0.05) is 38.1 Å². The van der Waals surface area contributed by atoms with Gasteiger partial charge >= 0.3 is 6.09 Å². The maximum atomic E-state index is 10.5. The summed E-state index contributed by atoms with van der Waals surface area (Å²) in [4.78, 5) is 14.1. The highest BCUT2D eigenvalue weighted by atomic mass is 16.4. The molecule has 0 aromatic rings. The summed E-state index contributed by atoms with van der Waals surface area (Å²) in [6.45, 7) is 4.14. The van der Waals surface area contributed by atoms with Gasteiger partial charge in [0.05, 0.1) is 6.61 Å². The fourth-order valence-corrected chi connectivity index (χ4v) is 2.30. The molecule has 0 aromatic heterocycles. The lowest BCUT2D eigenvalue weighted by Gasteiger charge is -2.59. The Morgan fingerprint density at radius 1 is 1.31 bits per heavy atom. The Kier molecular flexibility index (Phi) is 1.92. The molecule has 2 N–H and O–H groups in total. The van der Waals surface area contributed by atoms with Crippen molar-refractivity contribution in [2.45, 2.75) is 0 Å². The van der Waals surface area contributed by atoms with Crippen molar-refractivity contribution in [3.8, 4) is 0 Å². The van der Waals surface area contributed by atoms with Gasteiger partial charge in [-0.3, -0.25) is 4.90 Å². The van der Waals surface area contributed by atoms with Gasteiger partial charge < -0.3 is 15.1 Å². The summed E-state index contributed by atoms with van der Waals surface area (Å²) in [7, 11) is 0. The summed E-state index contributed by atoms with van der Waals surface area (Å²) in [5.74, 6) is 0. The molecule has 2 saturated heterocycles. The lowest BCUT2D eigenvalue weighted by atomic mass is 9.73. The summed E-state index contributed by atoms with van der Waals surface area (Å²) < 4.78 is 0. The lowest BCUT2D eigenvalue weighted by molar-refractivity contribution is -0.104. The third-order valence-corrected chi connectivity index (χ3v) is 2.86. The summed E-state index contributed by atoms with van der Waals surface area (Å²) in [6.07, 6.45) is -0.814. The topological polar surface area (TPSA) is 64.0 Å². The van der Waals surface area contributed by atoms with Gasteiger partial charge in [0.1, 0.15) is 0 Å². The van der Waals surface area contributed by atoms with E-state index >= 15 is 0 Å². The fraction of sp³-hybridized carbons (Fsp3) is 0.875. The second-order valence-corrected chi connectivity index (χ2v) is 4.07. The Labute approximate surface area is 76.6 Å². The third kappa shape index (κ3) is 1.38. The van der Waals surface area contributed by atoms with Crippen LogP contribution < -0.4 is 0 Å². The van der Waals surface area contributed by atoms with E-state index in [1.54, 1.807) is 0 Å². The minimum absolute atomic E-state index is 0.193. The average Bonchev–Trinajstić information content (AvgIpc) is 1.90. The molecular weight excluding hydrogens is 172 g/mol. The van der Waals surface area contributed by atoms with Crippen LogP contribution in [-0.2, 0) is 0 Å². The average molecular weight is 186 g/mol. The number of hydrogen-bond donors (Lipinski definition) is 2. The second kappa shape index (κ2) is 2.85. The first-order chi connectivity index (χ1) is 6.15. The largest absolute Gasteiger partial charge is 0.465 e. The summed E-state index contributed by atoms with van der Waals surface area (Å²) in [5.41, 5.74) is 0.230. The van der Waals surface area contributed by atoms with Gasteiger partial charge in [-0.15, -0.1) is 0 Å². The van der Waals surface area contributed by atoms with E-state index in [2.05, 4.69) is 4.90 Å². The molecule has 0 unspecified atom stereocenters. The number of rotatable bonds is 2. The predicted molar refractivity (Wildman–Crippen MR) is 45.6 cm³/mol. The Bertz CT molecular complexity index is 217. The van der Waals surface area contributed by atoms with Gasteiger partial charge in [-0.05, 0) is 0 Å². The minimum atomic E-state index is -0.814. The van der Waals surface area contributed by atoms with E-state index in [1.807, 2.05) is 0 Å². The molecule has 0 aromatic carbocycles. The minimum Gasteiger partial charge on any atom is -0.465 e. The van der Waals surface area contributed by atoms with E-state index in [9.17, 15) is 4.79 Å². The van der Waals surface area contributed by atoms with Gasteiger partial charge in [0.25, 0.3) is 0 Å². The Morgan fingerprint density at radius 2 is 1.92 bits per heavy atom. The highest BCUT2D eigenvalue weighted by Crippen LogP contribution is 2.39. The first-order valence-corrected chi connectivity index (χ1v) is 4.46. The molecule has 0 atom stereocenters. The van der Waals surface area contributed by atoms with Crippen molar-refractivity contribution in [2.24, 2.45) is 5.41 Å². The normalized spacial score (nSPS) is 25.5. The van der Waals surface area contributed by atoms with Crippen LogP contribution in [0.2, 0.25) is 0 Å². The van der Waals surface area contributed by atoms with Crippen LogP contribution in [0, 0.1) is 5.41 Å². The van der Waals surface area contributed by atoms with Gasteiger partial charge in [-0.1, -0.05) is 0 Å². The SMILES string of the molecule is O=C(O)N1CC2(CN(CCO)C2)C1.